The smallest absolute Gasteiger partial charge is 0.0231 e. The molecule has 0 radical (unpaired) electrons. The van der Waals surface area contributed by atoms with E-state index >= 15 is 0 Å². The number of nitrogens with zero attached hydrogens (tertiary/aromatic N) is 1. The third kappa shape index (κ3) is 7.44. The highest BCUT2D eigenvalue weighted by Gasteiger charge is 2.23. The van der Waals surface area contributed by atoms with Crippen LogP contribution in [0, 0.1) is 11.3 Å². The number of halogens is 1. The number of hydrogen-bond donors (Lipinski definition) is 1. The second-order valence-electron chi connectivity index (χ2n) is 7.15. The predicted octanol–water partition coefficient (Wildman–Crippen LogP) is 4.67. The molecule has 1 unspecified atom stereocenters. The Hall–Kier alpha value is -0.380. The average molecular weight is 355 g/mol. The fraction of sp³-hybridized carbons (Fsp3) is 0.667. The highest BCUT2D eigenvalue weighted by atomic mass is 79.9. The van der Waals surface area contributed by atoms with E-state index in [2.05, 4.69) is 72.9 Å². The van der Waals surface area contributed by atoms with Gasteiger partial charge in [-0.2, -0.15) is 0 Å². The van der Waals surface area contributed by atoms with Crippen molar-refractivity contribution in [2.75, 3.05) is 20.1 Å². The van der Waals surface area contributed by atoms with Gasteiger partial charge in [0, 0.05) is 11.0 Å². The molecule has 1 aromatic carbocycles. The van der Waals surface area contributed by atoms with Crippen LogP contribution in [-0.2, 0) is 6.54 Å². The van der Waals surface area contributed by atoms with Crippen LogP contribution in [-0.4, -0.2) is 25.0 Å². The summed E-state index contributed by atoms with van der Waals surface area (Å²) in [4.78, 5) is 2.41. The zero-order valence-corrected chi connectivity index (χ0v) is 15.6. The second kappa shape index (κ2) is 8.92. The number of rotatable bonds is 8. The molecule has 0 bridgehead atoms. The quantitative estimate of drug-likeness (QED) is 0.734. The lowest BCUT2D eigenvalue weighted by Crippen LogP contribution is -2.25. The minimum absolute atomic E-state index is 0.363. The molecule has 2 nitrogen and oxygen atoms in total. The van der Waals surface area contributed by atoms with Crippen molar-refractivity contribution in [3.8, 4) is 0 Å². The molecule has 120 valence electrons. The molecule has 21 heavy (non-hydrogen) atoms. The first-order valence-electron chi connectivity index (χ1n) is 7.96. The van der Waals surface area contributed by atoms with E-state index in [0.717, 1.165) is 36.4 Å². The van der Waals surface area contributed by atoms with Crippen LogP contribution in [0.25, 0.3) is 0 Å². The molecule has 1 rings (SSSR count). The molecule has 0 amide bonds. The summed E-state index contributed by atoms with van der Waals surface area (Å²) >= 11 is 3.53. The highest BCUT2D eigenvalue weighted by molar-refractivity contribution is 9.10. The number of hydrogen-bond acceptors (Lipinski definition) is 2. The van der Waals surface area contributed by atoms with Gasteiger partial charge in [0.1, 0.15) is 0 Å². The van der Waals surface area contributed by atoms with Crippen molar-refractivity contribution in [2.45, 2.75) is 46.6 Å². The average Bonchev–Trinajstić information content (AvgIpc) is 2.36. The van der Waals surface area contributed by atoms with Crippen LogP contribution < -0.4 is 5.73 Å². The largest absolute Gasteiger partial charge is 0.330 e. The van der Waals surface area contributed by atoms with Gasteiger partial charge in [-0.15, -0.1) is 0 Å². The van der Waals surface area contributed by atoms with Crippen molar-refractivity contribution >= 4 is 15.9 Å². The van der Waals surface area contributed by atoms with E-state index in [9.17, 15) is 0 Å². The Labute approximate surface area is 139 Å². The van der Waals surface area contributed by atoms with E-state index in [4.69, 9.17) is 5.73 Å². The van der Waals surface area contributed by atoms with Crippen LogP contribution >= 0.6 is 15.9 Å². The maximum Gasteiger partial charge on any atom is 0.0231 e. The molecule has 0 fully saturated rings. The van der Waals surface area contributed by atoms with Crippen molar-refractivity contribution in [2.24, 2.45) is 17.1 Å². The van der Waals surface area contributed by atoms with Gasteiger partial charge in [-0.1, -0.05) is 48.8 Å². The van der Waals surface area contributed by atoms with Gasteiger partial charge in [0.05, 0.1) is 0 Å². The summed E-state index contributed by atoms with van der Waals surface area (Å²) in [6.45, 7) is 9.95. The second-order valence-corrected chi connectivity index (χ2v) is 8.07. The Morgan fingerprint density at radius 1 is 1.24 bits per heavy atom. The van der Waals surface area contributed by atoms with Crippen molar-refractivity contribution in [1.29, 1.82) is 0 Å². The Kier molecular flexibility index (Phi) is 7.93. The van der Waals surface area contributed by atoms with E-state index in [1.165, 1.54) is 18.4 Å². The first kappa shape index (κ1) is 18.7. The topological polar surface area (TPSA) is 29.3 Å². The lowest BCUT2D eigenvalue weighted by molar-refractivity contribution is 0.199. The van der Waals surface area contributed by atoms with E-state index in [1.54, 1.807) is 0 Å². The summed E-state index contributed by atoms with van der Waals surface area (Å²) in [6.07, 6.45) is 3.65. The van der Waals surface area contributed by atoms with Gasteiger partial charge in [-0.05, 0) is 68.4 Å². The zero-order valence-electron chi connectivity index (χ0n) is 14.0. The Morgan fingerprint density at radius 2 is 1.95 bits per heavy atom. The van der Waals surface area contributed by atoms with Gasteiger partial charge >= 0.3 is 0 Å². The minimum Gasteiger partial charge on any atom is -0.330 e. The first-order chi connectivity index (χ1) is 9.82. The molecule has 0 saturated heterocycles. The molecule has 0 saturated carbocycles. The van der Waals surface area contributed by atoms with E-state index in [-0.39, 0.29) is 0 Å². The molecule has 0 spiro atoms. The van der Waals surface area contributed by atoms with E-state index < -0.39 is 0 Å². The summed E-state index contributed by atoms with van der Waals surface area (Å²) < 4.78 is 1.16. The van der Waals surface area contributed by atoms with Crippen LogP contribution in [0.1, 0.15) is 45.6 Å². The molecule has 0 aliphatic heterocycles. The Morgan fingerprint density at radius 3 is 2.52 bits per heavy atom. The highest BCUT2D eigenvalue weighted by Crippen LogP contribution is 2.32. The van der Waals surface area contributed by atoms with Gasteiger partial charge in [-0.25, -0.2) is 0 Å². The van der Waals surface area contributed by atoms with E-state index in [0.29, 0.717) is 5.41 Å². The predicted molar refractivity (Wildman–Crippen MR) is 96.3 cm³/mol. The summed E-state index contributed by atoms with van der Waals surface area (Å²) in [7, 11) is 2.20. The van der Waals surface area contributed by atoms with Crippen molar-refractivity contribution in [3.05, 3.63) is 34.3 Å². The normalized spacial score (nSPS) is 13.7. The van der Waals surface area contributed by atoms with Crippen molar-refractivity contribution < 1.29 is 0 Å². The van der Waals surface area contributed by atoms with Crippen LogP contribution in [0.5, 0.6) is 0 Å². The Balaban J connectivity index is 2.37. The lowest BCUT2D eigenvalue weighted by atomic mass is 9.76. The summed E-state index contributed by atoms with van der Waals surface area (Å²) in [6, 6.07) is 8.56. The monoisotopic (exact) mass is 354 g/mol. The molecule has 0 aliphatic rings. The summed E-state index contributed by atoms with van der Waals surface area (Å²) in [5, 5.41) is 0. The maximum absolute atomic E-state index is 5.76. The standard InChI is InChI=1S/C18H31BrN2/c1-18(2,3)16(10-11-20)8-6-12-21(4)14-15-7-5-9-17(19)13-15/h5,7,9,13,16H,6,8,10-12,14,20H2,1-4H3. The third-order valence-corrected chi connectivity index (χ3v) is 4.67. The van der Waals surface area contributed by atoms with Gasteiger partial charge in [-0.3, -0.25) is 0 Å². The van der Waals surface area contributed by atoms with E-state index in [1.807, 2.05) is 0 Å². The van der Waals surface area contributed by atoms with Crippen LogP contribution in [0.4, 0.5) is 0 Å². The van der Waals surface area contributed by atoms with Crippen LogP contribution in [0.15, 0.2) is 28.7 Å². The Bertz CT molecular complexity index is 412. The molecule has 3 heteroatoms. The van der Waals surface area contributed by atoms with Gasteiger partial charge in [0.15, 0.2) is 0 Å². The molecular formula is C18H31BrN2. The molecular weight excluding hydrogens is 324 g/mol. The molecule has 1 atom stereocenters. The maximum atomic E-state index is 5.76. The molecule has 0 heterocycles. The summed E-state index contributed by atoms with van der Waals surface area (Å²) in [5.74, 6) is 0.724. The number of nitrogens with two attached hydrogens (primary N) is 1. The minimum atomic E-state index is 0.363. The fourth-order valence-electron chi connectivity index (χ4n) is 2.85. The van der Waals surface area contributed by atoms with Crippen molar-refractivity contribution in [3.63, 3.8) is 0 Å². The number of benzene rings is 1. The molecule has 0 aliphatic carbocycles. The fourth-order valence-corrected chi connectivity index (χ4v) is 3.29. The summed E-state index contributed by atoms with van der Waals surface area (Å²) in [5.41, 5.74) is 7.48. The lowest BCUT2D eigenvalue weighted by Gasteiger charge is -2.31. The van der Waals surface area contributed by atoms with Crippen LogP contribution in [0.2, 0.25) is 0 Å². The van der Waals surface area contributed by atoms with Crippen molar-refractivity contribution in [1.82, 2.24) is 4.90 Å². The van der Waals surface area contributed by atoms with Gasteiger partial charge < -0.3 is 10.6 Å². The molecule has 2 N–H and O–H groups in total. The molecule has 0 aromatic heterocycles. The van der Waals surface area contributed by atoms with Gasteiger partial charge in [0.25, 0.3) is 0 Å². The van der Waals surface area contributed by atoms with Gasteiger partial charge in [0.2, 0.25) is 0 Å². The first-order valence-corrected chi connectivity index (χ1v) is 8.75. The SMILES string of the molecule is CN(CCCC(CCN)C(C)(C)C)Cc1cccc(Br)c1. The van der Waals surface area contributed by atoms with Crippen LogP contribution in [0.3, 0.4) is 0 Å². The molecule has 1 aromatic rings. The zero-order chi connectivity index (χ0) is 15.9. The third-order valence-electron chi connectivity index (χ3n) is 4.17.